The molecule has 0 aliphatic carbocycles. The van der Waals surface area contributed by atoms with Crippen molar-refractivity contribution in [1.82, 2.24) is 5.32 Å². The van der Waals surface area contributed by atoms with Crippen LogP contribution in [0.2, 0.25) is 0 Å². The van der Waals surface area contributed by atoms with Gasteiger partial charge in [-0.25, -0.2) is 0 Å². The van der Waals surface area contributed by atoms with E-state index in [1.165, 1.54) is 0 Å². The molecule has 0 saturated carbocycles. The Labute approximate surface area is 138 Å². The summed E-state index contributed by atoms with van der Waals surface area (Å²) in [6, 6.07) is 13.4. The summed E-state index contributed by atoms with van der Waals surface area (Å²) in [5.74, 6) is 0.709. The molecule has 0 aromatic heterocycles. The molecule has 1 N–H and O–H groups in total. The van der Waals surface area contributed by atoms with Crippen molar-refractivity contribution >= 4 is 28.5 Å². The lowest BCUT2D eigenvalue weighted by molar-refractivity contribution is 0.0939. The van der Waals surface area contributed by atoms with Crippen LogP contribution in [0, 0.1) is 10.5 Å². The second kappa shape index (κ2) is 6.93. The summed E-state index contributed by atoms with van der Waals surface area (Å²) in [6.45, 7) is 3.99. The van der Waals surface area contributed by atoms with Gasteiger partial charge in [-0.15, -0.1) is 0 Å². The topological polar surface area (TPSA) is 38.3 Å². The number of methoxy groups -OCH3 is 1. The summed E-state index contributed by atoms with van der Waals surface area (Å²) in [7, 11) is 1.64. The monoisotopic (exact) mass is 395 g/mol. The van der Waals surface area contributed by atoms with Crippen molar-refractivity contribution in [3.05, 3.63) is 62.7 Å². The van der Waals surface area contributed by atoms with E-state index in [0.29, 0.717) is 5.56 Å². The minimum absolute atomic E-state index is 0.0791. The summed E-state index contributed by atoms with van der Waals surface area (Å²) in [5.41, 5.74) is 2.79. The second-order valence-electron chi connectivity index (χ2n) is 4.95. The number of carbonyl (C=O) groups is 1. The van der Waals surface area contributed by atoms with Crippen LogP contribution < -0.4 is 10.1 Å². The number of aryl methyl sites for hydroxylation is 1. The largest absolute Gasteiger partial charge is 0.496 e. The van der Waals surface area contributed by atoms with Crippen LogP contribution in [0.25, 0.3) is 0 Å². The number of hydrogen-bond donors (Lipinski definition) is 1. The third-order valence-electron chi connectivity index (χ3n) is 3.29. The average molecular weight is 395 g/mol. The molecule has 110 valence electrons. The van der Waals surface area contributed by atoms with Crippen molar-refractivity contribution in [2.45, 2.75) is 19.9 Å². The molecule has 3 nitrogen and oxygen atoms in total. The number of amides is 1. The van der Waals surface area contributed by atoms with Crippen molar-refractivity contribution in [3.8, 4) is 5.75 Å². The van der Waals surface area contributed by atoms with E-state index in [0.717, 1.165) is 20.4 Å². The van der Waals surface area contributed by atoms with Crippen LogP contribution in [-0.2, 0) is 0 Å². The van der Waals surface area contributed by atoms with Crippen molar-refractivity contribution in [2.75, 3.05) is 7.11 Å². The Morgan fingerprint density at radius 3 is 2.67 bits per heavy atom. The smallest absolute Gasteiger partial charge is 0.251 e. The van der Waals surface area contributed by atoms with Crippen LogP contribution in [-0.4, -0.2) is 13.0 Å². The van der Waals surface area contributed by atoms with E-state index in [9.17, 15) is 4.79 Å². The SMILES string of the molecule is COc1ccc(C)cc1C(C)NC(=O)c1cccc(I)c1. The quantitative estimate of drug-likeness (QED) is 0.792. The molecule has 0 fully saturated rings. The lowest BCUT2D eigenvalue weighted by Crippen LogP contribution is -2.27. The molecule has 0 aliphatic rings. The molecule has 0 heterocycles. The van der Waals surface area contributed by atoms with Gasteiger partial charge in [0.15, 0.2) is 0 Å². The molecule has 1 unspecified atom stereocenters. The Hall–Kier alpha value is -1.56. The zero-order valence-corrected chi connectivity index (χ0v) is 14.5. The van der Waals surface area contributed by atoms with Crippen LogP contribution in [0.1, 0.15) is 34.5 Å². The summed E-state index contributed by atoms with van der Waals surface area (Å²) in [6.07, 6.45) is 0. The van der Waals surface area contributed by atoms with Gasteiger partial charge in [-0.1, -0.05) is 23.8 Å². The van der Waals surface area contributed by atoms with Crippen molar-refractivity contribution in [2.24, 2.45) is 0 Å². The molecule has 0 aliphatic heterocycles. The third kappa shape index (κ3) is 3.97. The number of hydrogen-bond acceptors (Lipinski definition) is 2. The molecule has 0 radical (unpaired) electrons. The molecule has 1 amide bonds. The molecule has 0 saturated heterocycles. The number of benzene rings is 2. The Kier molecular flexibility index (Phi) is 5.22. The van der Waals surface area contributed by atoms with Gasteiger partial charge in [0.25, 0.3) is 5.91 Å². The number of carbonyl (C=O) groups excluding carboxylic acids is 1. The van der Waals surface area contributed by atoms with Gasteiger partial charge in [0, 0.05) is 14.7 Å². The Bertz CT molecular complexity index is 655. The summed E-state index contributed by atoms with van der Waals surface area (Å²) in [5, 5.41) is 3.02. The molecule has 4 heteroatoms. The van der Waals surface area contributed by atoms with Crippen LogP contribution >= 0.6 is 22.6 Å². The van der Waals surface area contributed by atoms with Crippen molar-refractivity contribution in [3.63, 3.8) is 0 Å². The van der Waals surface area contributed by atoms with Gasteiger partial charge in [-0.05, 0) is 60.7 Å². The molecule has 21 heavy (non-hydrogen) atoms. The minimum atomic E-state index is -0.120. The van der Waals surface area contributed by atoms with Gasteiger partial charge in [0.05, 0.1) is 13.2 Å². The minimum Gasteiger partial charge on any atom is -0.496 e. The fourth-order valence-electron chi connectivity index (χ4n) is 2.18. The van der Waals surface area contributed by atoms with Gasteiger partial charge in [0.1, 0.15) is 5.75 Å². The molecule has 2 aromatic carbocycles. The van der Waals surface area contributed by atoms with Crippen molar-refractivity contribution < 1.29 is 9.53 Å². The van der Waals surface area contributed by atoms with Crippen LogP contribution in [0.15, 0.2) is 42.5 Å². The first-order valence-corrected chi connectivity index (χ1v) is 7.80. The maximum Gasteiger partial charge on any atom is 0.251 e. The molecule has 0 spiro atoms. The molecule has 2 rings (SSSR count). The lowest BCUT2D eigenvalue weighted by Gasteiger charge is -2.18. The standard InChI is InChI=1S/C17H18INO2/c1-11-7-8-16(21-3)15(9-11)12(2)19-17(20)13-5-4-6-14(18)10-13/h4-10,12H,1-3H3,(H,19,20). The average Bonchev–Trinajstić information content (AvgIpc) is 2.47. The van der Waals surface area contributed by atoms with Crippen LogP contribution in [0.3, 0.4) is 0 Å². The van der Waals surface area contributed by atoms with E-state index >= 15 is 0 Å². The number of halogens is 1. The highest BCUT2D eigenvalue weighted by atomic mass is 127. The number of nitrogens with one attached hydrogen (secondary N) is 1. The Morgan fingerprint density at radius 1 is 1.24 bits per heavy atom. The van der Waals surface area contributed by atoms with E-state index in [4.69, 9.17) is 4.74 Å². The third-order valence-corrected chi connectivity index (χ3v) is 3.96. The highest BCUT2D eigenvalue weighted by Crippen LogP contribution is 2.26. The van der Waals surface area contributed by atoms with Crippen LogP contribution in [0.4, 0.5) is 0 Å². The molecule has 0 bridgehead atoms. The summed E-state index contributed by atoms with van der Waals surface area (Å²) in [4.78, 5) is 12.3. The summed E-state index contributed by atoms with van der Waals surface area (Å²) >= 11 is 2.20. The lowest BCUT2D eigenvalue weighted by atomic mass is 10.0. The normalized spacial score (nSPS) is 11.8. The number of ether oxygens (including phenoxy) is 1. The first kappa shape index (κ1) is 15.8. The maximum absolute atomic E-state index is 12.3. The van der Waals surface area contributed by atoms with Crippen molar-refractivity contribution in [1.29, 1.82) is 0 Å². The van der Waals surface area contributed by atoms with E-state index in [-0.39, 0.29) is 11.9 Å². The Balaban J connectivity index is 2.20. The van der Waals surface area contributed by atoms with Crippen LogP contribution in [0.5, 0.6) is 5.75 Å². The highest BCUT2D eigenvalue weighted by molar-refractivity contribution is 14.1. The van der Waals surface area contributed by atoms with E-state index in [2.05, 4.69) is 27.9 Å². The predicted octanol–water partition coefficient (Wildman–Crippen LogP) is 4.10. The highest BCUT2D eigenvalue weighted by Gasteiger charge is 2.15. The Morgan fingerprint density at radius 2 is 2.00 bits per heavy atom. The maximum atomic E-state index is 12.3. The van der Waals surface area contributed by atoms with E-state index in [1.807, 2.05) is 56.3 Å². The molecular weight excluding hydrogens is 377 g/mol. The predicted molar refractivity (Wildman–Crippen MR) is 92.8 cm³/mol. The zero-order valence-electron chi connectivity index (χ0n) is 12.3. The van der Waals surface area contributed by atoms with E-state index < -0.39 is 0 Å². The molecule has 1 atom stereocenters. The fraction of sp³-hybridized carbons (Fsp3) is 0.235. The fourth-order valence-corrected chi connectivity index (χ4v) is 2.72. The molecule has 2 aromatic rings. The number of rotatable bonds is 4. The van der Waals surface area contributed by atoms with E-state index in [1.54, 1.807) is 7.11 Å². The zero-order chi connectivity index (χ0) is 15.4. The van der Waals surface area contributed by atoms with Gasteiger partial charge in [-0.3, -0.25) is 4.79 Å². The summed E-state index contributed by atoms with van der Waals surface area (Å²) < 4.78 is 6.42. The molecular formula is C17H18INO2. The van der Waals surface area contributed by atoms with Gasteiger partial charge in [0.2, 0.25) is 0 Å². The van der Waals surface area contributed by atoms with Gasteiger partial charge in [-0.2, -0.15) is 0 Å². The first-order chi connectivity index (χ1) is 10.0. The first-order valence-electron chi connectivity index (χ1n) is 6.72. The van der Waals surface area contributed by atoms with Gasteiger partial charge >= 0.3 is 0 Å². The van der Waals surface area contributed by atoms with Gasteiger partial charge < -0.3 is 10.1 Å². The second-order valence-corrected chi connectivity index (χ2v) is 6.20.